The number of nitrogens with one attached hydrogen (secondary N) is 1. The highest BCUT2D eigenvalue weighted by molar-refractivity contribution is 9.10. The first-order chi connectivity index (χ1) is 10.1. The molecule has 0 aromatic heterocycles. The number of hydrogen-bond acceptors (Lipinski definition) is 3. The van der Waals surface area contributed by atoms with Gasteiger partial charge in [0.15, 0.2) is 5.84 Å². The summed E-state index contributed by atoms with van der Waals surface area (Å²) >= 11 is 3.56. The molecule has 0 spiro atoms. The molecule has 0 aliphatic heterocycles. The molecule has 0 radical (unpaired) electrons. The average Bonchev–Trinajstić information content (AvgIpc) is 2.52. The van der Waals surface area contributed by atoms with Crippen LogP contribution in [0.1, 0.15) is 29.7 Å². The van der Waals surface area contributed by atoms with Crippen molar-refractivity contribution in [1.29, 1.82) is 0 Å². The van der Waals surface area contributed by atoms with Crippen molar-refractivity contribution < 1.29 is 5.21 Å². The maximum atomic E-state index is 8.84. The maximum absolute atomic E-state index is 8.84. The van der Waals surface area contributed by atoms with Crippen molar-refractivity contribution >= 4 is 21.8 Å². The minimum atomic E-state index is 0.126. The molecule has 4 N–H and O–H groups in total. The topological polar surface area (TPSA) is 70.6 Å². The Kier molecular flexibility index (Phi) is 5.36. The molecule has 2 rings (SSSR count). The van der Waals surface area contributed by atoms with Crippen molar-refractivity contribution in [3.8, 4) is 0 Å². The maximum Gasteiger partial charge on any atom is 0.170 e. The van der Waals surface area contributed by atoms with Crippen molar-refractivity contribution in [3.05, 3.63) is 69.7 Å². The van der Waals surface area contributed by atoms with Crippen LogP contribution in [0.2, 0.25) is 0 Å². The summed E-state index contributed by atoms with van der Waals surface area (Å²) in [7, 11) is 0. The Hall–Kier alpha value is -1.85. The van der Waals surface area contributed by atoms with Crippen LogP contribution in [0.15, 0.2) is 58.2 Å². The minimum Gasteiger partial charge on any atom is -0.409 e. The van der Waals surface area contributed by atoms with Crippen molar-refractivity contribution in [2.45, 2.75) is 19.5 Å². The monoisotopic (exact) mass is 347 g/mol. The first-order valence-electron chi connectivity index (χ1n) is 6.67. The number of hydrogen-bond donors (Lipinski definition) is 3. The molecule has 0 saturated carbocycles. The standard InChI is InChI=1S/C16H18BrN3O/c1-11(13-7-4-5-9-15(13)17)19-10-12-6-2-3-8-14(12)16(18)20-21/h2-9,11,19,21H,10H2,1H3,(H2,18,20)/t11-/m0/s1. The molecule has 21 heavy (non-hydrogen) atoms. The lowest BCUT2D eigenvalue weighted by molar-refractivity contribution is 0.318. The third kappa shape index (κ3) is 3.83. The Bertz CT molecular complexity index is 643. The van der Waals surface area contributed by atoms with E-state index in [4.69, 9.17) is 10.9 Å². The van der Waals surface area contributed by atoms with Crippen LogP contribution in [0.25, 0.3) is 0 Å². The Morgan fingerprint density at radius 2 is 1.90 bits per heavy atom. The third-order valence-electron chi connectivity index (χ3n) is 3.37. The van der Waals surface area contributed by atoms with Gasteiger partial charge in [-0.25, -0.2) is 0 Å². The van der Waals surface area contributed by atoms with Gasteiger partial charge < -0.3 is 16.3 Å². The predicted molar refractivity (Wildman–Crippen MR) is 88.3 cm³/mol. The van der Waals surface area contributed by atoms with Crippen LogP contribution in [0, 0.1) is 0 Å². The molecular weight excluding hydrogens is 330 g/mol. The molecule has 0 unspecified atom stereocenters. The predicted octanol–water partition coefficient (Wildman–Crippen LogP) is 3.39. The second-order valence-corrected chi connectivity index (χ2v) is 5.62. The highest BCUT2D eigenvalue weighted by Crippen LogP contribution is 2.23. The van der Waals surface area contributed by atoms with Crippen LogP contribution in [0.4, 0.5) is 0 Å². The van der Waals surface area contributed by atoms with E-state index in [1.165, 1.54) is 5.56 Å². The fourth-order valence-electron chi connectivity index (χ4n) is 2.18. The van der Waals surface area contributed by atoms with E-state index < -0.39 is 0 Å². The Morgan fingerprint density at radius 3 is 2.62 bits per heavy atom. The molecule has 0 fully saturated rings. The van der Waals surface area contributed by atoms with Gasteiger partial charge in [0.05, 0.1) is 0 Å². The van der Waals surface area contributed by atoms with E-state index in [1.54, 1.807) is 0 Å². The Labute approximate surface area is 132 Å². The molecule has 0 aliphatic carbocycles. The molecule has 110 valence electrons. The van der Waals surface area contributed by atoms with Crippen molar-refractivity contribution in [1.82, 2.24) is 5.32 Å². The number of oxime groups is 1. The van der Waals surface area contributed by atoms with Crippen LogP contribution in [-0.2, 0) is 6.54 Å². The molecule has 0 aliphatic rings. The largest absolute Gasteiger partial charge is 0.409 e. The molecule has 1 atom stereocenters. The first-order valence-corrected chi connectivity index (χ1v) is 7.46. The van der Waals surface area contributed by atoms with Crippen LogP contribution >= 0.6 is 15.9 Å². The van der Waals surface area contributed by atoms with Crippen LogP contribution < -0.4 is 11.1 Å². The molecule has 0 heterocycles. The summed E-state index contributed by atoms with van der Waals surface area (Å²) in [5.41, 5.74) is 8.63. The first kappa shape index (κ1) is 15.5. The third-order valence-corrected chi connectivity index (χ3v) is 4.09. The van der Waals surface area contributed by atoms with Gasteiger partial charge in [-0.05, 0) is 24.1 Å². The van der Waals surface area contributed by atoms with Crippen molar-refractivity contribution in [2.75, 3.05) is 0 Å². The fourth-order valence-corrected chi connectivity index (χ4v) is 2.81. The molecule has 2 aromatic carbocycles. The van der Waals surface area contributed by atoms with Crippen molar-refractivity contribution in [2.24, 2.45) is 10.9 Å². The van der Waals surface area contributed by atoms with E-state index in [-0.39, 0.29) is 11.9 Å². The van der Waals surface area contributed by atoms with E-state index in [2.05, 4.69) is 39.4 Å². The van der Waals surface area contributed by atoms with E-state index >= 15 is 0 Å². The van der Waals surface area contributed by atoms with Crippen LogP contribution in [-0.4, -0.2) is 11.0 Å². The molecule has 0 bridgehead atoms. The molecule has 5 heteroatoms. The zero-order chi connectivity index (χ0) is 15.2. The number of nitrogens with zero attached hydrogens (tertiary/aromatic N) is 1. The highest BCUT2D eigenvalue weighted by atomic mass is 79.9. The lowest BCUT2D eigenvalue weighted by atomic mass is 10.0. The molecule has 0 saturated heterocycles. The Balaban J connectivity index is 2.12. The van der Waals surface area contributed by atoms with Crippen LogP contribution in [0.3, 0.4) is 0 Å². The van der Waals surface area contributed by atoms with Gasteiger partial charge in [0.25, 0.3) is 0 Å². The van der Waals surface area contributed by atoms with Gasteiger partial charge in [-0.3, -0.25) is 0 Å². The lowest BCUT2D eigenvalue weighted by Crippen LogP contribution is -2.22. The lowest BCUT2D eigenvalue weighted by Gasteiger charge is -2.17. The number of benzene rings is 2. The smallest absolute Gasteiger partial charge is 0.170 e. The van der Waals surface area contributed by atoms with Crippen molar-refractivity contribution in [3.63, 3.8) is 0 Å². The number of rotatable bonds is 5. The van der Waals surface area contributed by atoms with E-state index in [1.807, 2.05) is 42.5 Å². The summed E-state index contributed by atoms with van der Waals surface area (Å²) in [5, 5.41) is 15.4. The van der Waals surface area contributed by atoms with Gasteiger partial charge in [-0.1, -0.05) is 63.6 Å². The van der Waals surface area contributed by atoms with Gasteiger partial charge in [-0.2, -0.15) is 0 Å². The van der Waals surface area contributed by atoms with E-state index in [0.717, 1.165) is 15.6 Å². The minimum absolute atomic E-state index is 0.126. The second kappa shape index (κ2) is 7.24. The normalized spacial score (nSPS) is 13.1. The molecule has 4 nitrogen and oxygen atoms in total. The number of halogens is 1. The quantitative estimate of drug-likeness (QED) is 0.336. The van der Waals surface area contributed by atoms with Gasteiger partial charge in [0.2, 0.25) is 0 Å². The summed E-state index contributed by atoms with van der Waals surface area (Å²) in [5.74, 6) is 0.126. The van der Waals surface area contributed by atoms with Gasteiger partial charge in [0.1, 0.15) is 0 Å². The molecule has 2 aromatic rings. The summed E-state index contributed by atoms with van der Waals surface area (Å²) in [6.45, 7) is 2.74. The highest BCUT2D eigenvalue weighted by Gasteiger charge is 2.10. The Morgan fingerprint density at radius 1 is 1.24 bits per heavy atom. The zero-order valence-corrected chi connectivity index (χ0v) is 13.3. The summed E-state index contributed by atoms with van der Waals surface area (Å²) in [6, 6.07) is 15.9. The molecule has 0 amide bonds. The number of amidine groups is 1. The van der Waals surface area contributed by atoms with E-state index in [0.29, 0.717) is 6.54 Å². The van der Waals surface area contributed by atoms with Crippen LogP contribution in [0.5, 0.6) is 0 Å². The fraction of sp³-hybridized carbons (Fsp3) is 0.188. The van der Waals surface area contributed by atoms with Gasteiger partial charge >= 0.3 is 0 Å². The summed E-state index contributed by atoms with van der Waals surface area (Å²) < 4.78 is 1.08. The van der Waals surface area contributed by atoms with Gasteiger partial charge in [-0.15, -0.1) is 0 Å². The summed E-state index contributed by atoms with van der Waals surface area (Å²) in [6.07, 6.45) is 0. The van der Waals surface area contributed by atoms with E-state index in [9.17, 15) is 0 Å². The second-order valence-electron chi connectivity index (χ2n) is 4.77. The average molecular weight is 348 g/mol. The number of nitrogens with two attached hydrogens (primary N) is 1. The summed E-state index contributed by atoms with van der Waals surface area (Å²) in [4.78, 5) is 0. The van der Waals surface area contributed by atoms with Gasteiger partial charge in [0, 0.05) is 22.6 Å². The molecular formula is C16H18BrN3O. The zero-order valence-electron chi connectivity index (χ0n) is 11.8. The SMILES string of the molecule is C[C@H](NCc1ccccc1/C(N)=N/O)c1ccccc1Br.